The first-order chi connectivity index (χ1) is 10.1. The lowest BCUT2D eigenvalue weighted by atomic mass is 9.78. The van der Waals surface area contributed by atoms with Gasteiger partial charge in [-0.15, -0.1) is 0 Å². The molecule has 2 rings (SSSR count). The van der Waals surface area contributed by atoms with Gasteiger partial charge in [0.2, 0.25) is 0 Å². The molecule has 1 nitrogen and oxygen atoms in total. The van der Waals surface area contributed by atoms with Gasteiger partial charge < -0.3 is 0 Å². The molecular formula is C18H23F2N. The predicted octanol–water partition coefficient (Wildman–Crippen LogP) is 5.38. The number of rotatable bonds is 5. The highest BCUT2D eigenvalue weighted by atomic mass is 19.1. The molecule has 0 N–H and O–H groups in total. The van der Waals surface area contributed by atoms with Gasteiger partial charge in [-0.05, 0) is 42.4 Å². The van der Waals surface area contributed by atoms with Crippen LogP contribution in [-0.4, -0.2) is 0 Å². The van der Waals surface area contributed by atoms with E-state index < -0.39 is 11.6 Å². The summed E-state index contributed by atoms with van der Waals surface area (Å²) in [6, 6.07) is 3.88. The van der Waals surface area contributed by atoms with Crippen molar-refractivity contribution in [1.29, 1.82) is 5.26 Å². The molecule has 1 saturated carbocycles. The van der Waals surface area contributed by atoms with E-state index in [4.69, 9.17) is 5.26 Å². The maximum Gasteiger partial charge on any atom is 0.141 e. The van der Waals surface area contributed by atoms with Gasteiger partial charge in [-0.3, -0.25) is 0 Å². The van der Waals surface area contributed by atoms with Crippen molar-refractivity contribution >= 4 is 0 Å². The molecule has 0 spiro atoms. The molecule has 1 fully saturated rings. The summed E-state index contributed by atoms with van der Waals surface area (Å²) in [7, 11) is 0. The van der Waals surface area contributed by atoms with E-state index in [-0.39, 0.29) is 5.56 Å². The highest BCUT2D eigenvalue weighted by Gasteiger charge is 2.21. The lowest BCUT2D eigenvalue weighted by molar-refractivity contribution is 0.252. The maximum atomic E-state index is 13.8. The van der Waals surface area contributed by atoms with E-state index in [2.05, 4.69) is 6.92 Å². The van der Waals surface area contributed by atoms with Gasteiger partial charge in [0.05, 0.1) is 5.56 Å². The molecule has 1 aromatic rings. The van der Waals surface area contributed by atoms with Gasteiger partial charge in [0.25, 0.3) is 0 Å². The van der Waals surface area contributed by atoms with E-state index in [0.29, 0.717) is 17.9 Å². The van der Waals surface area contributed by atoms with Crippen molar-refractivity contribution in [1.82, 2.24) is 0 Å². The Morgan fingerprint density at radius 3 is 2.24 bits per heavy atom. The Labute approximate surface area is 126 Å². The zero-order chi connectivity index (χ0) is 15.2. The topological polar surface area (TPSA) is 23.8 Å². The molecular weight excluding hydrogens is 268 g/mol. The first kappa shape index (κ1) is 15.9. The Morgan fingerprint density at radius 2 is 1.67 bits per heavy atom. The third-order valence-corrected chi connectivity index (χ3v) is 4.74. The zero-order valence-corrected chi connectivity index (χ0v) is 12.7. The third kappa shape index (κ3) is 4.27. The van der Waals surface area contributed by atoms with Crippen LogP contribution in [0, 0.1) is 34.8 Å². The Morgan fingerprint density at radius 1 is 1.05 bits per heavy atom. The number of nitrogens with zero attached hydrogens (tertiary/aromatic N) is 1. The van der Waals surface area contributed by atoms with Crippen LogP contribution in [0.2, 0.25) is 0 Å². The Kier molecular flexibility index (Phi) is 5.73. The Hall–Kier alpha value is -1.43. The summed E-state index contributed by atoms with van der Waals surface area (Å²) in [6.45, 7) is 2.23. The Bertz CT molecular complexity index is 511. The largest absolute Gasteiger partial charge is 0.207 e. The molecule has 0 amide bonds. The molecule has 0 aromatic heterocycles. The van der Waals surface area contributed by atoms with Crippen molar-refractivity contribution in [2.75, 3.05) is 0 Å². The zero-order valence-electron chi connectivity index (χ0n) is 12.7. The molecule has 1 aliphatic carbocycles. The highest BCUT2D eigenvalue weighted by molar-refractivity contribution is 5.34. The molecule has 1 aliphatic rings. The summed E-state index contributed by atoms with van der Waals surface area (Å²) in [5, 5.41) is 8.68. The van der Waals surface area contributed by atoms with Crippen molar-refractivity contribution in [2.24, 2.45) is 11.8 Å². The van der Waals surface area contributed by atoms with Gasteiger partial charge >= 0.3 is 0 Å². The van der Waals surface area contributed by atoms with Crippen molar-refractivity contribution in [3.63, 3.8) is 0 Å². The fourth-order valence-corrected chi connectivity index (χ4v) is 3.44. The van der Waals surface area contributed by atoms with Crippen LogP contribution < -0.4 is 0 Å². The minimum Gasteiger partial charge on any atom is -0.207 e. The van der Waals surface area contributed by atoms with Crippen LogP contribution in [-0.2, 0) is 6.42 Å². The number of halogens is 2. The SMILES string of the molecule is CCC[C@H]1CC[C@H](CCc2cc(F)c(C#N)cc2F)CC1. The van der Waals surface area contributed by atoms with E-state index in [9.17, 15) is 8.78 Å². The summed E-state index contributed by atoms with van der Waals surface area (Å²) in [5.74, 6) is 0.444. The first-order valence-electron chi connectivity index (χ1n) is 8.02. The van der Waals surface area contributed by atoms with E-state index in [0.717, 1.165) is 18.4 Å². The van der Waals surface area contributed by atoms with Gasteiger partial charge in [0, 0.05) is 0 Å². The Balaban J connectivity index is 1.87. The smallest absolute Gasteiger partial charge is 0.141 e. The van der Waals surface area contributed by atoms with Crippen LogP contribution >= 0.6 is 0 Å². The van der Waals surface area contributed by atoms with E-state index >= 15 is 0 Å². The summed E-state index contributed by atoms with van der Waals surface area (Å²) in [5.41, 5.74) is 0.193. The average molecular weight is 291 g/mol. The molecule has 0 saturated heterocycles. The van der Waals surface area contributed by atoms with E-state index in [1.165, 1.54) is 44.6 Å². The summed E-state index contributed by atoms with van der Waals surface area (Å²) >= 11 is 0. The summed E-state index contributed by atoms with van der Waals surface area (Å²) in [4.78, 5) is 0. The molecule has 21 heavy (non-hydrogen) atoms. The molecule has 3 heteroatoms. The summed E-state index contributed by atoms with van der Waals surface area (Å²) in [6.07, 6.45) is 9.05. The molecule has 0 radical (unpaired) electrons. The van der Waals surface area contributed by atoms with E-state index in [1.54, 1.807) is 6.07 Å². The lowest BCUT2D eigenvalue weighted by Gasteiger charge is -2.28. The van der Waals surface area contributed by atoms with Crippen LogP contribution in [0.1, 0.15) is 63.0 Å². The summed E-state index contributed by atoms with van der Waals surface area (Å²) < 4.78 is 27.4. The molecule has 0 aliphatic heterocycles. The second-order valence-corrected chi connectivity index (χ2v) is 6.25. The fraction of sp³-hybridized carbons (Fsp3) is 0.611. The molecule has 1 aromatic carbocycles. The molecule has 0 heterocycles. The monoisotopic (exact) mass is 291 g/mol. The second-order valence-electron chi connectivity index (χ2n) is 6.25. The predicted molar refractivity (Wildman–Crippen MR) is 79.8 cm³/mol. The van der Waals surface area contributed by atoms with Crippen molar-refractivity contribution in [3.05, 3.63) is 34.9 Å². The highest BCUT2D eigenvalue weighted by Crippen LogP contribution is 2.34. The number of nitriles is 1. The van der Waals surface area contributed by atoms with Gasteiger partial charge in [-0.1, -0.05) is 45.4 Å². The molecule has 0 bridgehead atoms. The third-order valence-electron chi connectivity index (χ3n) is 4.74. The van der Waals surface area contributed by atoms with Crippen LogP contribution in [0.4, 0.5) is 8.78 Å². The van der Waals surface area contributed by atoms with Crippen LogP contribution in [0.3, 0.4) is 0 Å². The minimum absolute atomic E-state index is 0.212. The van der Waals surface area contributed by atoms with Gasteiger partial charge in [-0.25, -0.2) is 8.78 Å². The van der Waals surface area contributed by atoms with Crippen LogP contribution in [0.25, 0.3) is 0 Å². The van der Waals surface area contributed by atoms with Crippen molar-refractivity contribution in [2.45, 2.75) is 58.3 Å². The maximum absolute atomic E-state index is 13.8. The number of hydrogen-bond acceptors (Lipinski definition) is 1. The average Bonchev–Trinajstić information content (AvgIpc) is 2.49. The normalized spacial score (nSPS) is 22.0. The minimum atomic E-state index is -0.611. The lowest BCUT2D eigenvalue weighted by Crippen LogP contribution is -2.15. The number of benzene rings is 1. The second kappa shape index (κ2) is 7.54. The first-order valence-corrected chi connectivity index (χ1v) is 8.02. The number of aryl methyl sites for hydroxylation is 1. The van der Waals surface area contributed by atoms with Crippen molar-refractivity contribution in [3.8, 4) is 6.07 Å². The standard InChI is InChI=1S/C18H23F2N/c1-2-3-13-4-6-14(7-5-13)8-9-15-10-18(20)16(12-21)11-17(15)19/h10-11,13-14H,2-9H2,1H3/t13-,14-. The van der Waals surface area contributed by atoms with Crippen LogP contribution in [0.5, 0.6) is 0 Å². The molecule has 114 valence electrons. The van der Waals surface area contributed by atoms with Gasteiger partial charge in [-0.2, -0.15) is 5.26 Å². The number of hydrogen-bond donors (Lipinski definition) is 0. The van der Waals surface area contributed by atoms with Gasteiger partial charge in [0.15, 0.2) is 0 Å². The quantitative estimate of drug-likeness (QED) is 0.715. The van der Waals surface area contributed by atoms with Gasteiger partial charge in [0.1, 0.15) is 17.7 Å². The van der Waals surface area contributed by atoms with Crippen LogP contribution in [0.15, 0.2) is 12.1 Å². The molecule has 0 atom stereocenters. The molecule has 0 unspecified atom stereocenters. The fourth-order valence-electron chi connectivity index (χ4n) is 3.44. The van der Waals surface area contributed by atoms with E-state index in [1.807, 2.05) is 0 Å². The van der Waals surface area contributed by atoms with Crippen molar-refractivity contribution < 1.29 is 8.78 Å².